The van der Waals surface area contributed by atoms with Gasteiger partial charge in [0.05, 0.1) is 4.91 Å². The van der Waals surface area contributed by atoms with Gasteiger partial charge < -0.3 is 4.90 Å². The molecule has 0 saturated carbocycles. The van der Waals surface area contributed by atoms with Crippen molar-refractivity contribution in [1.29, 1.82) is 0 Å². The first kappa shape index (κ1) is 13.9. The number of carbonyl (C=O) groups is 1. The summed E-state index contributed by atoms with van der Waals surface area (Å²) in [5.41, 5.74) is 1.10. The molecule has 0 fully saturated rings. The average molecular weight is 281 g/mol. The molecule has 0 aromatic carbocycles. The zero-order chi connectivity index (χ0) is 11.2. The molecule has 0 aliphatic carbocycles. The third-order valence-corrected chi connectivity index (χ3v) is 4.08. The van der Waals surface area contributed by atoms with Gasteiger partial charge in [-0.2, -0.15) is 0 Å². The Morgan fingerprint density at radius 3 is 2.75 bits per heavy atom. The number of nitrogens with zero attached hydrogens (tertiary/aromatic N) is 2. The number of thioether (sulfide) groups is 1. The normalized spacial score (nSPS) is 22.5. The van der Waals surface area contributed by atoms with Crippen LogP contribution in [0.1, 0.15) is 20.8 Å². The molecule has 0 atom stereocenters. The maximum atomic E-state index is 11.2. The molecule has 0 unspecified atom stereocenters. The number of allylic oxidation sites excluding steroid dienone is 2. The molecule has 90 valence electrons. The van der Waals surface area contributed by atoms with E-state index in [4.69, 9.17) is 11.6 Å². The van der Waals surface area contributed by atoms with Gasteiger partial charge in [-0.05, 0) is 30.3 Å². The Kier molecular flexibility index (Phi) is 3.98. The van der Waals surface area contributed by atoms with Crippen LogP contribution < -0.4 is 0 Å². The van der Waals surface area contributed by atoms with E-state index >= 15 is 0 Å². The number of rotatable bonds is 1. The van der Waals surface area contributed by atoms with E-state index in [1.165, 1.54) is 11.8 Å². The standard InChI is InChI=1S/C10H13ClN2OS.ClH/c1-6-7(8(11)14)15-9-12-4-10(2,3)5-13(6)9;/h4-5H2,1-3H3;1H. The predicted molar refractivity (Wildman–Crippen MR) is 71.2 cm³/mol. The minimum atomic E-state index is -0.382. The van der Waals surface area contributed by atoms with Gasteiger partial charge in [-0.15, -0.1) is 12.4 Å². The van der Waals surface area contributed by atoms with Crippen LogP contribution in [-0.2, 0) is 4.79 Å². The van der Waals surface area contributed by atoms with Crippen molar-refractivity contribution in [1.82, 2.24) is 4.90 Å². The van der Waals surface area contributed by atoms with E-state index in [2.05, 4.69) is 23.7 Å². The van der Waals surface area contributed by atoms with Crippen LogP contribution in [0.25, 0.3) is 0 Å². The van der Waals surface area contributed by atoms with Gasteiger partial charge in [-0.1, -0.05) is 13.8 Å². The van der Waals surface area contributed by atoms with Crippen molar-refractivity contribution in [2.24, 2.45) is 10.4 Å². The quantitative estimate of drug-likeness (QED) is 0.693. The SMILES string of the molecule is CC1=C(C(=O)Cl)SC2=NCC(C)(C)CN21.Cl. The molecule has 2 rings (SSSR count). The van der Waals surface area contributed by atoms with E-state index in [9.17, 15) is 4.79 Å². The van der Waals surface area contributed by atoms with Gasteiger partial charge in [-0.3, -0.25) is 9.79 Å². The maximum Gasteiger partial charge on any atom is 0.260 e. The topological polar surface area (TPSA) is 32.7 Å². The fraction of sp³-hybridized carbons (Fsp3) is 0.600. The summed E-state index contributed by atoms with van der Waals surface area (Å²) in [6, 6.07) is 0. The summed E-state index contributed by atoms with van der Waals surface area (Å²) < 4.78 is 0. The Morgan fingerprint density at radius 1 is 1.56 bits per heavy atom. The summed E-state index contributed by atoms with van der Waals surface area (Å²) in [7, 11) is 0. The molecule has 2 aliphatic heterocycles. The molecular formula is C10H14Cl2N2OS. The average Bonchev–Trinajstić information content (AvgIpc) is 2.42. The summed E-state index contributed by atoms with van der Waals surface area (Å²) in [6.45, 7) is 7.98. The number of fused-ring (bicyclic) bond motifs is 1. The number of aliphatic imine (C=N–C) groups is 1. The van der Waals surface area contributed by atoms with Crippen LogP contribution in [-0.4, -0.2) is 28.4 Å². The smallest absolute Gasteiger partial charge is 0.260 e. The van der Waals surface area contributed by atoms with Crippen molar-refractivity contribution < 1.29 is 4.79 Å². The van der Waals surface area contributed by atoms with E-state index in [1.807, 2.05) is 6.92 Å². The zero-order valence-corrected chi connectivity index (χ0v) is 11.8. The first-order valence-electron chi connectivity index (χ1n) is 4.81. The maximum absolute atomic E-state index is 11.2. The highest BCUT2D eigenvalue weighted by Crippen LogP contribution is 2.39. The molecule has 2 aliphatic rings. The van der Waals surface area contributed by atoms with Gasteiger partial charge in [0.2, 0.25) is 0 Å². The lowest BCUT2D eigenvalue weighted by atomic mass is 9.92. The molecule has 0 spiro atoms. The molecule has 0 bridgehead atoms. The largest absolute Gasteiger partial charge is 0.323 e. The highest BCUT2D eigenvalue weighted by molar-refractivity contribution is 8.18. The Bertz CT molecular complexity index is 390. The fourth-order valence-corrected chi connectivity index (χ4v) is 2.95. The number of amidine groups is 1. The van der Waals surface area contributed by atoms with Crippen molar-refractivity contribution in [3.8, 4) is 0 Å². The molecule has 2 heterocycles. The van der Waals surface area contributed by atoms with Crippen molar-refractivity contribution in [2.75, 3.05) is 13.1 Å². The van der Waals surface area contributed by atoms with Gasteiger partial charge in [0.15, 0.2) is 5.17 Å². The van der Waals surface area contributed by atoms with Crippen molar-refractivity contribution >= 4 is 46.2 Å². The van der Waals surface area contributed by atoms with Crippen molar-refractivity contribution in [3.63, 3.8) is 0 Å². The molecular weight excluding hydrogens is 267 g/mol. The predicted octanol–water partition coefficient (Wildman–Crippen LogP) is 2.85. The Balaban J connectivity index is 0.00000128. The van der Waals surface area contributed by atoms with Crippen LogP contribution >= 0.6 is 35.8 Å². The molecule has 0 saturated heterocycles. The summed E-state index contributed by atoms with van der Waals surface area (Å²) in [5.74, 6) is 0. The van der Waals surface area contributed by atoms with E-state index in [1.54, 1.807) is 0 Å². The number of carbonyl (C=O) groups excluding carboxylic acids is 1. The molecule has 3 nitrogen and oxygen atoms in total. The number of hydrogen-bond acceptors (Lipinski definition) is 4. The van der Waals surface area contributed by atoms with Crippen LogP contribution in [0.5, 0.6) is 0 Å². The Labute approximate surface area is 111 Å². The van der Waals surface area contributed by atoms with Crippen molar-refractivity contribution in [2.45, 2.75) is 20.8 Å². The lowest BCUT2D eigenvalue weighted by Crippen LogP contribution is -2.40. The number of halogens is 2. The minimum Gasteiger partial charge on any atom is -0.323 e. The highest BCUT2D eigenvalue weighted by atomic mass is 35.5. The second kappa shape index (κ2) is 4.59. The van der Waals surface area contributed by atoms with Gasteiger partial charge in [0.25, 0.3) is 5.24 Å². The summed E-state index contributed by atoms with van der Waals surface area (Å²) in [4.78, 5) is 18.4. The summed E-state index contributed by atoms with van der Waals surface area (Å²) in [6.07, 6.45) is 0. The van der Waals surface area contributed by atoms with E-state index in [-0.39, 0.29) is 23.1 Å². The lowest BCUT2D eigenvalue weighted by molar-refractivity contribution is -0.108. The van der Waals surface area contributed by atoms with Crippen molar-refractivity contribution in [3.05, 3.63) is 10.6 Å². The van der Waals surface area contributed by atoms with Crippen LogP contribution in [0.4, 0.5) is 0 Å². The first-order valence-corrected chi connectivity index (χ1v) is 6.01. The van der Waals surface area contributed by atoms with Crippen LogP contribution in [0.2, 0.25) is 0 Å². The molecule has 0 aromatic rings. The molecule has 6 heteroatoms. The van der Waals surface area contributed by atoms with Crippen LogP contribution in [0.15, 0.2) is 15.6 Å². The third-order valence-electron chi connectivity index (χ3n) is 2.56. The second-order valence-electron chi connectivity index (χ2n) is 4.64. The minimum absolute atomic E-state index is 0. The summed E-state index contributed by atoms with van der Waals surface area (Å²) in [5, 5.41) is 0.531. The second-order valence-corrected chi connectivity index (χ2v) is 5.96. The van der Waals surface area contributed by atoms with Gasteiger partial charge >= 0.3 is 0 Å². The Morgan fingerprint density at radius 2 is 2.19 bits per heavy atom. The van der Waals surface area contributed by atoms with E-state index in [0.29, 0.717) is 4.91 Å². The summed E-state index contributed by atoms with van der Waals surface area (Å²) >= 11 is 6.90. The Hall–Kier alpha value is -0.190. The van der Waals surface area contributed by atoms with Gasteiger partial charge in [0.1, 0.15) is 0 Å². The molecule has 0 N–H and O–H groups in total. The number of hydrogen-bond donors (Lipinski definition) is 0. The van der Waals surface area contributed by atoms with Crippen LogP contribution in [0.3, 0.4) is 0 Å². The zero-order valence-electron chi connectivity index (χ0n) is 9.41. The highest BCUT2D eigenvalue weighted by Gasteiger charge is 2.36. The van der Waals surface area contributed by atoms with Gasteiger partial charge in [-0.25, -0.2) is 0 Å². The van der Waals surface area contributed by atoms with E-state index < -0.39 is 0 Å². The molecule has 0 radical (unpaired) electrons. The lowest BCUT2D eigenvalue weighted by Gasteiger charge is -2.35. The molecule has 0 amide bonds. The molecule has 16 heavy (non-hydrogen) atoms. The monoisotopic (exact) mass is 280 g/mol. The third kappa shape index (κ3) is 2.39. The van der Waals surface area contributed by atoms with Gasteiger partial charge in [0, 0.05) is 24.2 Å². The van der Waals surface area contributed by atoms with Crippen LogP contribution in [0, 0.1) is 5.41 Å². The first-order chi connectivity index (χ1) is 6.91. The molecule has 0 aromatic heterocycles. The van der Waals surface area contributed by atoms with E-state index in [0.717, 1.165) is 24.0 Å². The fourth-order valence-electron chi connectivity index (χ4n) is 1.73.